The number of nitrogens with one attached hydrogen (secondary N) is 2. The minimum Gasteiger partial charge on any atom is -0.481 e. The van der Waals surface area contributed by atoms with E-state index in [1.54, 1.807) is 6.92 Å². The van der Waals surface area contributed by atoms with Gasteiger partial charge in [-0.15, -0.1) is 0 Å². The predicted molar refractivity (Wildman–Crippen MR) is 102 cm³/mol. The molecule has 1 atom stereocenters. The SMILES string of the molecule is CCCCCC(=O)NNC(=O)C(C)Oc1ccc(-c2ccccc2)cc1. The lowest BCUT2D eigenvalue weighted by molar-refractivity contribution is -0.132. The highest BCUT2D eigenvalue weighted by Gasteiger charge is 2.15. The number of hydrogen-bond donors (Lipinski definition) is 2. The molecule has 2 aromatic rings. The van der Waals surface area contributed by atoms with Crippen molar-refractivity contribution in [1.82, 2.24) is 10.9 Å². The maximum Gasteiger partial charge on any atom is 0.279 e. The largest absolute Gasteiger partial charge is 0.481 e. The van der Waals surface area contributed by atoms with E-state index in [4.69, 9.17) is 4.74 Å². The van der Waals surface area contributed by atoms with Crippen LogP contribution in [0.4, 0.5) is 0 Å². The van der Waals surface area contributed by atoms with Gasteiger partial charge in [0.2, 0.25) is 5.91 Å². The summed E-state index contributed by atoms with van der Waals surface area (Å²) in [7, 11) is 0. The Morgan fingerprint density at radius 2 is 1.58 bits per heavy atom. The number of hydrazine groups is 1. The first kappa shape index (κ1) is 19.5. The Morgan fingerprint density at radius 3 is 2.23 bits per heavy atom. The lowest BCUT2D eigenvalue weighted by Gasteiger charge is -2.15. The molecule has 0 aromatic heterocycles. The van der Waals surface area contributed by atoms with Gasteiger partial charge < -0.3 is 4.74 Å². The third-order valence-electron chi connectivity index (χ3n) is 3.98. The quantitative estimate of drug-likeness (QED) is 0.559. The van der Waals surface area contributed by atoms with Gasteiger partial charge in [0.25, 0.3) is 5.91 Å². The first-order chi connectivity index (χ1) is 12.6. The molecule has 5 nitrogen and oxygen atoms in total. The number of amides is 2. The molecule has 2 aromatic carbocycles. The molecule has 0 radical (unpaired) electrons. The van der Waals surface area contributed by atoms with Gasteiger partial charge in [0.1, 0.15) is 5.75 Å². The number of hydrogen-bond acceptors (Lipinski definition) is 3. The summed E-state index contributed by atoms with van der Waals surface area (Å²) >= 11 is 0. The summed E-state index contributed by atoms with van der Waals surface area (Å²) in [5.41, 5.74) is 7.02. The molecule has 2 rings (SSSR count). The zero-order chi connectivity index (χ0) is 18.8. The highest BCUT2D eigenvalue weighted by atomic mass is 16.5. The number of benzene rings is 2. The predicted octanol–water partition coefficient (Wildman–Crippen LogP) is 3.85. The highest BCUT2D eigenvalue weighted by Crippen LogP contribution is 2.22. The van der Waals surface area contributed by atoms with Gasteiger partial charge in [-0.25, -0.2) is 0 Å². The average Bonchev–Trinajstić information content (AvgIpc) is 2.67. The molecular formula is C21H26N2O3. The van der Waals surface area contributed by atoms with Crippen LogP contribution in [-0.2, 0) is 9.59 Å². The molecular weight excluding hydrogens is 328 g/mol. The molecule has 0 bridgehead atoms. The van der Waals surface area contributed by atoms with Gasteiger partial charge in [-0.1, -0.05) is 62.2 Å². The molecule has 5 heteroatoms. The van der Waals surface area contributed by atoms with E-state index < -0.39 is 6.10 Å². The van der Waals surface area contributed by atoms with Gasteiger partial charge in [0.15, 0.2) is 6.10 Å². The van der Waals surface area contributed by atoms with Crippen LogP contribution in [0.15, 0.2) is 54.6 Å². The van der Waals surface area contributed by atoms with Gasteiger partial charge >= 0.3 is 0 Å². The van der Waals surface area contributed by atoms with Crippen LogP contribution in [0.3, 0.4) is 0 Å². The highest BCUT2D eigenvalue weighted by molar-refractivity contribution is 5.84. The average molecular weight is 354 g/mol. The first-order valence-electron chi connectivity index (χ1n) is 9.01. The molecule has 0 aliphatic heterocycles. The van der Waals surface area contributed by atoms with E-state index in [-0.39, 0.29) is 11.8 Å². The van der Waals surface area contributed by atoms with E-state index >= 15 is 0 Å². The van der Waals surface area contributed by atoms with Crippen LogP contribution < -0.4 is 15.6 Å². The van der Waals surface area contributed by atoms with Crippen molar-refractivity contribution >= 4 is 11.8 Å². The molecule has 0 saturated carbocycles. The number of carbonyl (C=O) groups excluding carboxylic acids is 2. The number of ether oxygens (including phenoxy) is 1. The molecule has 0 heterocycles. The van der Waals surface area contributed by atoms with Gasteiger partial charge in [0, 0.05) is 6.42 Å². The fourth-order valence-electron chi connectivity index (χ4n) is 2.45. The van der Waals surface area contributed by atoms with Crippen LogP contribution in [0.5, 0.6) is 5.75 Å². The minimum atomic E-state index is -0.714. The lowest BCUT2D eigenvalue weighted by Crippen LogP contribution is -2.47. The lowest BCUT2D eigenvalue weighted by atomic mass is 10.1. The summed E-state index contributed by atoms with van der Waals surface area (Å²) in [5.74, 6) is 0.0220. The molecule has 26 heavy (non-hydrogen) atoms. The van der Waals surface area contributed by atoms with E-state index in [1.807, 2.05) is 54.6 Å². The summed E-state index contributed by atoms with van der Waals surface area (Å²) in [6.45, 7) is 3.72. The normalized spacial score (nSPS) is 11.5. The van der Waals surface area contributed by atoms with Crippen LogP contribution in [0, 0.1) is 0 Å². The Bertz CT molecular complexity index is 699. The third kappa shape index (κ3) is 6.24. The Kier molecular flexibility index (Phi) is 7.68. The Balaban J connectivity index is 1.80. The molecule has 138 valence electrons. The molecule has 0 aliphatic rings. The Hall–Kier alpha value is -2.82. The van der Waals surface area contributed by atoms with Crippen molar-refractivity contribution in [2.45, 2.75) is 45.6 Å². The van der Waals surface area contributed by atoms with Crippen molar-refractivity contribution < 1.29 is 14.3 Å². The second-order valence-corrected chi connectivity index (χ2v) is 6.15. The molecule has 0 saturated heterocycles. The van der Waals surface area contributed by atoms with Crippen LogP contribution in [0.1, 0.15) is 39.5 Å². The number of carbonyl (C=O) groups is 2. The van der Waals surface area contributed by atoms with Crippen LogP contribution in [0.25, 0.3) is 11.1 Å². The molecule has 0 spiro atoms. The van der Waals surface area contributed by atoms with Crippen LogP contribution in [0.2, 0.25) is 0 Å². The second-order valence-electron chi connectivity index (χ2n) is 6.15. The fraction of sp³-hybridized carbons (Fsp3) is 0.333. The topological polar surface area (TPSA) is 67.4 Å². The van der Waals surface area contributed by atoms with Crippen molar-refractivity contribution in [3.8, 4) is 16.9 Å². The van der Waals surface area contributed by atoms with E-state index in [0.29, 0.717) is 12.2 Å². The molecule has 0 fully saturated rings. The maximum absolute atomic E-state index is 12.0. The van der Waals surface area contributed by atoms with Gasteiger partial charge in [-0.05, 0) is 36.6 Å². The smallest absolute Gasteiger partial charge is 0.279 e. The van der Waals surface area contributed by atoms with Crippen molar-refractivity contribution in [2.24, 2.45) is 0 Å². The second kappa shape index (κ2) is 10.2. The van der Waals surface area contributed by atoms with Crippen molar-refractivity contribution in [3.05, 3.63) is 54.6 Å². The molecule has 0 aliphatic carbocycles. The van der Waals surface area contributed by atoms with Gasteiger partial charge in [0.05, 0.1) is 0 Å². The standard InChI is InChI=1S/C21H26N2O3/c1-3-4-6-11-20(24)22-23-21(25)16(2)26-19-14-12-18(13-15-19)17-9-7-5-8-10-17/h5,7-10,12-16H,3-4,6,11H2,1-2H3,(H,22,24)(H,23,25). The minimum absolute atomic E-state index is 0.189. The molecule has 2 N–H and O–H groups in total. The summed E-state index contributed by atoms with van der Waals surface area (Å²) < 4.78 is 5.63. The van der Waals surface area contributed by atoms with E-state index in [2.05, 4.69) is 17.8 Å². The third-order valence-corrected chi connectivity index (χ3v) is 3.98. The first-order valence-corrected chi connectivity index (χ1v) is 9.01. The maximum atomic E-state index is 12.0. The Labute approximate surface area is 154 Å². The van der Waals surface area contributed by atoms with Crippen molar-refractivity contribution in [2.75, 3.05) is 0 Å². The van der Waals surface area contributed by atoms with Gasteiger partial charge in [-0.2, -0.15) is 0 Å². The Morgan fingerprint density at radius 1 is 0.923 bits per heavy atom. The van der Waals surface area contributed by atoms with E-state index in [0.717, 1.165) is 30.4 Å². The fourth-order valence-corrected chi connectivity index (χ4v) is 2.45. The monoisotopic (exact) mass is 354 g/mol. The van der Waals surface area contributed by atoms with E-state index in [1.165, 1.54) is 0 Å². The zero-order valence-electron chi connectivity index (χ0n) is 15.3. The number of unbranched alkanes of at least 4 members (excludes halogenated alkanes) is 2. The summed E-state index contributed by atoms with van der Waals surface area (Å²) in [6, 6.07) is 17.6. The van der Waals surface area contributed by atoms with E-state index in [9.17, 15) is 9.59 Å². The van der Waals surface area contributed by atoms with Crippen LogP contribution >= 0.6 is 0 Å². The number of rotatable bonds is 8. The molecule has 1 unspecified atom stereocenters. The summed E-state index contributed by atoms with van der Waals surface area (Å²) in [5, 5.41) is 0. The van der Waals surface area contributed by atoms with Crippen molar-refractivity contribution in [1.29, 1.82) is 0 Å². The molecule has 2 amide bonds. The zero-order valence-corrected chi connectivity index (χ0v) is 15.3. The van der Waals surface area contributed by atoms with Crippen LogP contribution in [-0.4, -0.2) is 17.9 Å². The van der Waals surface area contributed by atoms with Crippen molar-refractivity contribution in [3.63, 3.8) is 0 Å². The summed E-state index contributed by atoms with van der Waals surface area (Å²) in [4.78, 5) is 23.6. The summed E-state index contributed by atoms with van der Waals surface area (Å²) in [6.07, 6.45) is 2.56. The van der Waals surface area contributed by atoms with Gasteiger partial charge in [-0.3, -0.25) is 20.4 Å².